The van der Waals surface area contributed by atoms with Crippen LogP contribution in [0.5, 0.6) is 0 Å². The zero-order valence-corrected chi connectivity index (χ0v) is 13.9. The van der Waals surface area contributed by atoms with Gasteiger partial charge in [-0.25, -0.2) is 0 Å². The summed E-state index contributed by atoms with van der Waals surface area (Å²) in [5, 5.41) is 0. The van der Waals surface area contributed by atoms with Crippen molar-refractivity contribution >= 4 is 11.8 Å². The second-order valence-corrected chi connectivity index (χ2v) is 6.97. The molecular formula is C20H26O3. The summed E-state index contributed by atoms with van der Waals surface area (Å²) in [6.45, 7) is 2.34. The number of carbonyl (C=O) groups is 2. The molecule has 0 radical (unpaired) electrons. The lowest BCUT2D eigenvalue weighted by Crippen LogP contribution is -2.13. The van der Waals surface area contributed by atoms with Gasteiger partial charge in [0.25, 0.3) is 0 Å². The number of ether oxygens (including phenoxy) is 1. The van der Waals surface area contributed by atoms with E-state index in [1.807, 2.05) is 6.92 Å². The van der Waals surface area contributed by atoms with E-state index in [2.05, 4.69) is 24.3 Å². The molecule has 1 unspecified atom stereocenters. The Kier molecular flexibility index (Phi) is 5.14. The Labute approximate surface area is 138 Å². The quantitative estimate of drug-likeness (QED) is 0.744. The zero-order valence-electron chi connectivity index (χ0n) is 13.9. The second-order valence-electron chi connectivity index (χ2n) is 6.97. The molecule has 3 heteroatoms. The van der Waals surface area contributed by atoms with Gasteiger partial charge in [0, 0.05) is 12.8 Å². The number of hydrogen-bond donors (Lipinski definition) is 0. The molecule has 2 saturated carbocycles. The van der Waals surface area contributed by atoms with Crippen LogP contribution in [0.2, 0.25) is 0 Å². The third kappa shape index (κ3) is 4.21. The summed E-state index contributed by atoms with van der Waals surface area (Å²) >= 11 is 0. The van der Waals surface area contributed by atoms with Crippen LogP contribution in [0.25, 0.3) is 0 Å². The topological polar surface area (TPSA) is 43.4 Å². The van der Waals surface area contributed by atoms with Crippen molar-refractivity contribution in [2.75, 3.05) is 6.61 Å². The van der Waals surface area contributed by atoms with Crippen molar-refractivity contribution in [1.82, 2.24) is 0 Å². The van der Waals surface area contributed by atoms with Gasteiger partial charge in [0.15, 0.2) is 0 Å². The highest BCUT2D eigenvalue weighted by Gasteiger charge is 2.43. The summed E-state index contributed by atoms with van der Waals surface area (Å²) in [6, 6.07) is 8.76. The largest absolute Gasteiger partial charge is 0.466 e. The number of hydrogen-bond acceptors (Lipinski definition) is 3. The number of Topliss-reactive ketones (excluding diaryl/α,β-unsaturated/α-hetero) is 1. The van der Waals surface area contributed by atoms with Gasteiger partial charge in [-0.05, 0) is 62.0 Å². The minimum Gasteiger partial charge on any atom is -0.466 e. The van der Waals surface area contributed by atoms with E-state index >= 15 is 0 Å². The van der Waals surface area contributed by atoms with Gasteiger partial charge in [0.05, 0.1) is 12.5 Å². The molecule has 0 aromatic heterocycles. The van der Waals surface area contributed by atoms with Crippen molar-refractivity contribution in [2.45, 2.75) is 57.8 Å². The third-order valence-electron chi connectivity index (χ3n) is 5.25. The molecule has 3 atom stereocenters. The predicted molar refractivity (Wildman–Crippen MR) is 89.2 cm³/mol. The van der Waals surface area contributed by atoms with Crippen molar-refractivity contribution < 1.29 is 14.3 Å². The summed E-state index contributed by atoms with van der Waals surface area (Å²) in [4.78, 5) is 23.2. The average Bonchev–Trinajstić information content (AvgIpc) is 3.33. The first-order valence-electron chi connectivity index (χ1n) is 8.94. The summed E-state index contributed by atoms with van der Waals surface area (Å²) in [5.41, 5.74) is 2.63. The van der Waals surface area contributed by atoms with Gasteiger partial charge in [-0.3, -0.25) is 9.59 Å². The Morgan fingerprint density at radius 2 is 2.04 bits per heavy atom. The number of aryl methyl sites for hydroxylation is 1. The molecule has 2 aliphatic carbocycles. The second kappa shape index (κ2) is 7.29. The fraction of sp³-hybridized carbons (Fsp3) is 0.600. The Balaban J connectivity index is 1.47. The lowest BCUT2D eigenvalue weighted by Gasteiger charge is -2.21. The van der Waals surface area contributed by atoms with Gasteiger partial charge < -0.3 is 4.74 Å². The van der Waals surface area contributed by atoms with Gasteiger partial charge in [0.2, 0.25) is 0 Å². The lowest BCUT2D eigenvalue weighted by atomic mass is 9.83. The van der Waals surface area contributed by atoms with E-state index in [-0.39, 0.29) is 11.9 Å². The normalized spacial score (nSPS) is 26.8. The molecule has 2 aliphatic rings. The van der Waals surface area contributed by atoms with Crippen LogP contribution < -0.4 is 0 Å². The van der Waals surface area contributed by atoms with Crippen LogP contribution in [0.15, 0.2) is 24.3 Å². The van der Waals surface area contributed by atoms with E-state index in [4.69, 9.17) is 4.74 Å². The molecule has 0 aliphatic heterocycles. The SMILES string of the molecule is CCOC(=O)[C@H]1C[C@@H]1CCc1ccc(C2CCCC(=O)C2)cc1. The van der Waals surface area contributed by atoms with E-state index in [9.17, 15) is 9.59 Å². The third-order valence-corrected chi connectivity index (χ3v) is 5.25. The van der Waals surface area contributed by atoms with Gasteiger partial charge in [-0.15, -0.1) is 0 Å². The van der Waals surface area contributed by atoms with Crippen LogP contribution in [0, 0.1) is 11.8 Å². The number of carbonyl (C=O) groups excluding carboxylic acids is 2. The maximum atomic E-state index is 11.6. The van der Waals surface area contributed by atoms with Crippen LogP contribution in [0.3, 0.4) is 0 Å². The van der Waals surface area contributed by atoms with E-state index < -0.39 is 0 Å². The van der Waals surface area contributed by atoms with E-state index in [1.54, 1.807) is 0 Å². The van der Waals surface area contributed by atoms with Crippen LogP contribution in [-0.4, -0.2) is 18.4 Å². The summed E-state index contributed by atoms with van der Waals surface area (Å²) in [6.07, 6.45) is 6.70. The molecule has 23 heavy (non-hydrogen) atoms. The first kappa shape index (κ1) is 16.2. The predicted octanol–water partition coefficient (Wildman–Crippen LogP) is 4.05. The number of rotatable bonds is 6. The van der Waals surface area contributed by atoms with Gasteiger partial charge >= 0.3 is 5.97 Å². The highest BCUT2D eigenvalue weighted by molar-refractivity contribution is 5.80. The summed E-state index contributed by atoms with van der Waals surface area (Å²) < 4.78 is 5.07. The minimum absolute atomic E-state index is 0.0187. The van der Waals surface area contributed by atoms with Gasteiger partial charge in [-0.2, -0.15) is 0 Å². The molecule has 0 N–H and O–H groups in total. The first-order chi connectivity index (χ1) is 11.2. The molecule has 2 fully saturated rings. The Morgan fingerprint density at radius 3 is 2.74 bits per heavy atom. The molecule has 3 nitrogen and oxygen atoms in total. The van der Waals surface area contributed by atoms with Crippen LogP contribution in [0.4, 0.5) is 0 Å². The molecule has 1 aromatic rings. The number of esters is 1. The van der Waals surface area contributed by atoms with Crippen molar-refractivity contribution in [1.29, 1.82) is 0 Å². The fourth-order valence-corrected chi connectivity index (χ4v) is 3.72. The maximum absolute atomic E-state index is 11.6. The van der Waals surface area contributed by atoms with Crippen LogP contribution in [-0.2, 0) is 20.7 Å². The van der Waals surface area contributed by atoms with Crippen LogP contribution >= 0.6 is 0 Å². The Morgan fingerprint density at radius 1 is 1.26 bits per heavy atom. The lowest BCUT2D eigenvalue weighted by molar-refractivity contribution is -0.145. The maximum Gasteiger partial charge on any atom is 0.309 e. The molecule has 0 amide bonds. The number of benzene rings is 1. The average molecular weight is 314 g/mol. The molecule has 1 aromatic carbocycles. The minimum atomic E-state index is -0.0187. The molecule has 124 valence electrons. The molecule has 3 rings (SSSR count). The van der Waals surface area contributed by atoms with E-state index in [0.717, 1.165) is 38.5 Å². The smallest absolute Gasteiger partial charge is 0.309 e. The molecule has 0 bridgehead atoms. The summed E-state index contributed by atoms with van der Waals surface area (Å²) in [5.74, 6) is 1.45. The van der Waals surface area contributed by atoms with Crippen molar-refractivity contribution in [3.8, 4) is 0 Å². The van der Waals surface area contributed by atoms with Crippen LogP contribution in [0.1, 0.15) is 62.5 Å². The van der Waals surface area contributed by atoms with Crippen molar-refractivity contribution in [2.24, 2.45) is 11.8 Å². The van der Waals surface area contributed by atoms with Gasteiger partial charge in [0.1, 0.15) is 5.78 Å². The number of ketones is 1. The molecule has 0 heterocycles. The van der Waals surface area contributed by atoms with Crippen molar-refractivity contribution in [3.63, 3.8) is 0 Å². The summed E-state index contributed by atoms with van der Waals surface area (Å²) in [7, 11) is 0. The standard InChI is InChI=1S/C20H26O3/c1-2-23-20(22)19-13-17(19)11-8-14-6-9-15(10-7-14)16-4-3-5-18(21)12-16/h6-7,9-10,16-17,19H,2-5,8,11-13H2,1H3/t16?,17-,19-/m0/s1. The molecule has 0 spiro atoms. The Hall–Kier alpha value is -1.64. The van der Waals surface area contributed by atoms with Crippen molar-refractivity contribution in [3.05, 3.63) is 35.4 Å². The van der Waals surface area contributed by atoms with E-state index in [0.29, 0.717) is 30.6 Å². The monoisotopic (exact) mass is 314 g/mol. The fourth-order valence-electron chi connectivity index (χ4n) is 3.72. The highest BCUT2D eigenvalue weighted by Crippen LogP contribution is 2.43. The van der Waals surface area contributed by atoms with E-state index in [1.165, 1.54) is 11.1 Å². The Bertz CT molecular complexity index is 561. The van der Waals surface area contributed by atoms with Gasteiger partial charge in [-0.1, -0.05) is 24.3 Å². The molecule has 0 saturated heterocycles. The first-order valence-corrected chi connectivity index (χ1v) is 8.94. The highest BCUT2D eigenvalue weighted by atomic mass is 16.5. The zero-order chi connectivity index (χ0) is 16.2. The molecular weight excluding hydrogens is 288 g/mol.